The smallest absolute Gasteiger partial charge is 0.203 e. The first kappa shape index (κ1) is 8.94. The summed E-state index contributed by atoms with van der Waals surface area (Å²) >= 11 is 0. The van der Waals surface area contributed by atoms with Crippen LogP contribution in [0.3, 0.4) is 0 Å². The van der Waals surface area contributed by atoms with Gasteiger partial charge in [-0.25, -0.2) is 4.57 Å². The highest BCUT2D eigenvalue weighted by Crippen LogP contribution is 2.00. The summed E-state index contributed by atoms with van der Waals surface area (Å²) in [5.74, 6) is 0. The van der Waals surface area contributed by atoms with Gasteiger partial charge in [-0.3, -0.25) is 0 Å². The number of rotatable bonds is 2. The third-order valence-corrected chi connectivity index (χ3v) is 2.14. The lowest BCUT2D eigenvalue weighted by atomic mass is 10.3. The fraction of sp³-hybridized carbons (Fsp3) is 0.273. The van der Waals surface area contributed by atoms with Gasteiger partial charge in [-0.2, -0.15) is 0 Å². The van der Waals surface area contributed by atoms with E-state index in [0.29, 0.717) is 6.04 Å². The molecule has 0 aliphatic carbocycles. The molecule has 0 amide bonds. The fourth-order valence-electron chi connectivity index (χ4n) is 1.30. The molecule has 0 atom stereocenters. The van der Waals surface area contributed by atoms with Crippen LogP contribution in [0.4, 0.5) is 0 Å². The van der Waals surface area contributed by atoms with Crippen molar-refractivity contribution >= 4 is 0 Å². The molecule has 1 aromatic heterocycles. The van der Waals surface area contributed by atoms with Gasteiger partial charge < -0.3 is 0 Å². The van der Waals surface area contributed by atoms with Crippen molar-refractivity contribution in [3.05, 3.63) is 43.0 Å². The van der Waals surface area contributed by atoms with Crippen molar-refractivity contribution in [2.24, 2.45) is 0 Å². The van der Waals surface area contributed by atoms with Crippen LogP contribution in [0.25, 0.3) is 5.69 Å². The minimum Gasteiger partial charge on any atom is -0.203 e. The maximum absolute atomic E-state index is 4.27. The van der Waals surface area contributed by atoms with Crippen molar-refractivity contribution < 1.29 is 4.57 Å². The van der Waals surface area contributed by atoms with Gasteiger partial charge in [-0.1, -0.05) is 18.2 Å². The predicted molar refractivity (Wildman–Crippen MR) is 54.1 cm³/mol. The standard InChI is InChI=1S/C11H14N3/c1-10(2)14-9-13(8-12-14)11-6-4-3-5-7-11/h3-10H,1-2H3/q+1. The van der Waals surface area contributed by atoms with Crippen molar-refractivity contribution in [1.29, 1.82) is 0 Å². The lowest BCUT2D eigenvalue weighted by molar-refractivity contribution is -0.596. The molecular weight excluding hydrogens is 174 g/mol. The van der Waals surface area contributed by atoms with Gasteiger partial charge in [0.15, 0.2) is 0 Å². The minimum absolute atomic E-state index is 0.403. The van der Waals surface area contributed by atoms with Gasteiger partial charge in [-0.05, 0) is 26.0 Å². The molecule has 1 aromatic carbocycles. The summed E-state index contributed by atoms with van der Waals surface area (Å²) in [5, 5.41) is 4.27. The Hall–Kier alpha value is -1.64. The zero-order chi connectivity index (χ0) is 9.97. The second-order valence-corrected chi connectivity index (χ2v) is 3.56. The number of nitrogens with zero attached hydrogens (tertiary/aromatic N) is 3. The van der Waals surface area contributed by atoms with E-state index in [0.717, 1.165) is 5.69 Å². The first-order valence-corrected chi connectivity index (χ1v) is 4.78. The highest BCUT2D eigenvalue weighted by molar-refractivity contribution is 5.20. The van der Waals surface area contributed by atoms with Crippen LogP contribution in [0.15, 0.2) is 43.0 Å². The molecule has 0 saturated heterocycles. The highest BCUT2D eigenvalue weighted by atomic mass is 15.4. The molecule has 0 aliphatic rings. The highest BCUT2D eigenvalue weighted by Gasteiger charge is 2.09. The summed E-state index contributed by atoms with van der Waals surface area (Å²) in [6.07, 6.45) is 3.83. The Morgan fingerprint density at radius 3 is 2.50 bits per heavy atom. The summed E-state index contributed by atoms with van der Waals surface area (Å²) in [7, 11) is 0. The SMILES string of the molecule is CC(C)n1c[n+](-c2ccccc2)cn1. The van der Waals surface area contributed by atoms with Crippen LogP contribution in [0.1, 0.15) is 19.9 Å². The number of benzene rings is 1. The van der Waals surface area contributed by atoms with Crippen LogP contribution < -0.4 is 4.57 Å². The largest absolute Gasteiger partial charge is 0.270 e. The molecule has 0 unspecified atom stereocenters. The quantitative estimate of drug-likeness (QED) is 0.658. The summed E-state index contributed by atoms with van der Waals surface area (Å²) in [4.78, 5) is 0. The topological polar surface area (TPSA) is 21.7 Å². The average molecular weight is 188 g/mol. The Morgan fingerprint density at radius 2 is 1.93 bits per heavy atom. The van der Waals surface area contributed by atoms with E-state index in [4.69, 9.17) is 0 Å². The summed E-state index contributed by atoms with van der Waals surface area (Å²) in [6.45, 7) is 4.23. The number of hydrogen-bond donors (Lipinski definition) is 0. The monoisotopic (exact) mass is 188 g/mol. The molecule has 3 heteroatoms. The second kappa shape index (κ2) is 3.62. The number of aromatic nitrogens is 3. The maximum atomic E-state index is 4.27. The Kier molecular flexibility index (Phi) is 2.31. The van der Waals surface area contributed by atoms with Crippen LogP contribution >= 0.6 is 0 Å². The maximum Gasteiger partial charge on any atom is 0.270 e. The summed E-state index contributed by atoms with van der Waals surface area (Å²) in [6, 6.07) is 10.6. The molecule has 14 heavy (non-hydrogen) atoms. The van der Waals surface area contributed by atoms with E-state index in [-0.39, 0.29) is 0 Å². The van der Waals surface area contributed by atoms with Crippen molar-refractivity contribution in [3.8, 4) is 5.69 Å². The Balaban J connectivity index is 2.34. The molecule has 0 fully saturated rings. The normalized spacial score (nSPS) is 10.8. The van der Waals surface area contributed by atoms with E-state index in [9.17, 15) is 0 Å². The van der Waals surface area contributed by atoms with Gasteiger partial charge >= 0.3 is 0 Å². The van der Waals surface area contributed by atoms with Crippen LogP contribution in [-0.2, 0) is 0 Å². The van der Waals surface area contributed by atoms with E-state index < -0.39 is 0 Å². The third kappa shape index (κ3) is 1.66. The molecule has 2 aromatic rings. The van der Waals surface area contributed by atoms with Crippen LogP contribution in [0.2, 0.25) is 0 Å². The molecule has 1 heterocycles. The summed E-state index contributed by atoms with van der Waals surface area (Å²) < 4.78 is 3.95. The van der Waals surface area contributed by atoms with Gasteiger partial charge in [0.2, 0.25) is 6.33 Å². The predicted octanol–water partition coefficient (Wildman–Crippen LogP) is 1.74. The van der Waals surface area contributed by atoms with E-state index in [1.54, 1.807) is 0 Å². The van der Waals surface area contributed by atoms with E-state index in [2.05, 4.69) is 31.1 Å². The molecule has 3 nitrogen and oxygen atoms in total. The van der Waals surface area contributed by atoms with Crippen LogP contribution in [0, 0.1) is 0 Å². The molecule has 0 N–H and O–H groups in total. The zero-order valence-electron chi connectivity index (χ0n) is 8.46. The van der Waals surface area contributed by atoms with Gasteiger partial charge in [0, 0.05) is 5.10 Å². The lowest BCUT2D eigenvalue weighted by Gasteiger charge is -1.95. The van der Waals surface area contributed by atoms with Crippen molar-refractivity contribution in [3.63, 3.8) is 0 Å². The molecule has 72 valence electrons. The van der Waals surface area contributed by atoms with E-state index in [1.807, 2.05) is 40.1 Å². The molecule has 0 bridgehead atoms. The molecular formula is C11H14N3+. The molecule has 2 rings (SSSR count). The molecule has 0 saturated carbocycles. The molecule has 0 aliphatic heterocycles. The van der Waals surface area contributed by atoms with E-state index >= 15 is 0 Å². The average Bonchev–Trinajstić information content (AvgIpc) is 2.68. The van der Waals surface area contributed by atoms with Crippen LogP contribution in [0.5, 0.6) is 0 Å². The first-order chi connectivity index (χ1) is 6.77. The summed E-state index contributed by atoms with van der Waals surface area (Å²) in [5.41, 5.74) is 1.14. The molecule has 0 radical (unpaired) electrons. The van der Waals surface area contributed by atoms with Crippen molar-refractivity contribution in [2.45, 2.75) is 19.9 Å². The lowest BCUT2D eigenvalue weighted by Crippen LogP contribution is -2.27. The zero-order valence-corrected chi connectivity index (χ0v) is 8.46. The van der Waals surface area contributed by atoms with Crippen molar-refractivity contribution in [2.75, 3.05) is 0 Å². The third-order valence-electron chi connectivity index (χ3n) is 2.14. The minimum atomic E-state index is 0.403. The van der Waals surface area contributed by atoms with Gasteiger partial charge in [0.25, 0.3) is 6.33 Å². The Labute approximate surface area is 83.6 Å². The van der Waals surface area contributed by atoms with Crippen molar-refractivity contribution in [1.82, 2.24) is 9.78 Å². The Bertz CT molecular complexity index is 403. The van der Waals surface area contributed by atoms with Gasteiger partial charge in [0.1, 0.15) is 11.7 Å². The fourth-order valence-corrected chi connectivity index (χ4v) is 1.30. The number of para-hydroxylation sites is 1. The second-order valence-electron chi connectivity index (χ2n) is 3.56. The van der Waals surface area contributed by atoms with E-state index in [1.165, 1.54) is 0 Å². The first-order valence-electron chi connectivity index (χ1n) is 4.78. The number of hydrogen-bond acceptors (Lipinski definition) is 1. The van der Waals surface area contributed by atoms with Gasteiger partial charge in [0.05, 0.1) is 0 Å². The molecule has 0 spiro atoms. The van der Waals surface area contributed by atoms with Gasteiger partial charge in [-0.15, -0.1) is 4.68 Å². The van der Waals surface area contributed by atoms with Crippen LogP contribution in [-0.4, -0.2) is 9.78 Å². The Morgan fingerprint density at radius 1 is 1.21 bits per heavy atom.